The molecule has 502 valence electrons. The Hall–Kier alpha value is -9.66. The highest BCUT2D eigenvalue weighted by Crippen LogP contribution is 2.37. The van der Waals surface area contributed by atoms with E-state index in [4.69, 9.17) is 47.4 Å². The number of carbonyl (C=O) groups excluding carboxylic acids is 4. The van der Waals surface area contributed by atoms with E-state index in [2.05, 4.69) is 81.2 Å². The fraction of sp³-hybridized carbons (Fsp3) is 0.299. The van der Waals surface area contributed by atoms with Crippen LogP contribution in [0.1, 0.15) is 58.4 Å². The molecule has 0 unspecified atom stereocenters. The molecule has 0 saturated heterocycles. The lowest BCUT2D eigenvalue weighted by Crippen LogP contribution is -2.42. The van der Waals surface area contributed by atoms with Crippen LogP contribution in [-0.4, -0.2) is 117 Å². The standard InChI is InChI=1S/C77H90N4O14/c1-11-18-61-47-63(28-38-69(61)94-73(84)80-67-34-24-59(25-35-67)45-57-20-30-65(31-21-57)78-71(82)92-55-76(49-86-10,50-87-40-13-3)51-88-41-14-4)75(8,9)64-29-39-70(62(48-64)19-12-2)95-74(85)81-68-36-26-60(27-37-68)46-58-22-32-66(33-23-58)79-72(83)93-56-77(52-89-42-15-5,53-90-43-16-6)54-91-44-17-7/h11-17,20-39,47-48H,1-7,18-19,40-46,49-56H2,8-10H3,(H,78,82)(H,79,83)(H,80,84)(H,81,85). The molecule has 0 radical (unpaired) electrons. The maximum Gasteiger partial charge on any atom is 0.417 e. The van der Waals surface area contributed by atoms with Gasteiger partial charge in [-0.05, 0) is 131 Å². The van der Waals surface area contributed by atoms with Crippen molar-refractivity contribution in [2.45, 2.75) is 44.9 Å². The van der Waals surface area contributed by atoms with E-state index in [1.54, 1.807) is 86.0 Å². The number of hydrogen-bond donors (Lipinski definition) is 4. The highest BCUT2D eigenvalue weighted by Gasteiger charge is 2.35. The third-order valence-corrected chi connectivity index (χ3v) is 15.0. The number of hydrogen-bond acceptors (Lipinski definition) is 14. The SMILES string of the molecule is C=CCOCC(COC)(COCC=C)COC(=O)Nc1ccc(Cc2ccc(NC(=O)Oc3ccc(C(C)(C)c4ccc(OC(=O)Nc5ccc(Cc6ccc(NC(=O)OCC(COCC=C)(COCC=C)COCC=C)cc6)cc5)c(CC=C)c4)cc3CC=C)cc2)cc1. The summed E-state index contributed by atoms with van der Waals surface area (Å²) in [5.41, 5.74) is 7.63. The molecule has 0 saturated carbocycles. The number of anilines is 4. The Kier molecular flexibility index (Phi) is 30.6. The largest absolute Gasteiger partial charge is 0.448 e. The zero-order valence-electron chi connectivity index (χ0n) is 54.9. The van der Waals surface area contributed by atoms with E-state index in [-0.39, 0.29) is 52.9 Å². The van der Waals surface area contributed by atoms with Crippen LogP contribution in [0.4, 0.5) is 41.9 Å². The minimum atomic E-state index is -0.781. The lowest BCUT2D eigenvalue weighted by molar-refractivity contribution is -0.0828. The molecule has 0 atom stereocenters. The Balaban J connectivity index is 0.985. The summed E-state index contributed by atoms with van der Waals surface area (Å²) in [4.78, 5) is 52.6. The number of rotatable bonds is 42. The minimum absolute atomic E-state index is 0.00219. The van der Waals surface area contributed by atoms with Crippen molar-refractivity contribution in [3.8, 4) is 11.5 Å². The molecule has 6 aromatic carbocycles. The smallest absolute Gasteiger partial charge is 0.417 e. The molecule has 18 nitrogen and oxygen atoms in total. The summed E-state index contributed by atoms with van der Waals surface area (Å²) < 4.78 is 57.3. The van der Waals surface area contributed by atoms with Gasteiger partial charge in [-0.1, -0.05) is 129 Å². The predicted octanol–water partition coefficient (Wildman–Crippen LogP) is 15.6. The van der Waals surface area contributed by atoms with E-state index in [0.29, 0.717) is 93.0 Å². The van der Waals surface area contributed by atoms with Crippen molar-refractivity contribution in [1.29, 1.82) is 0 Å². The average molecular weight is 1300 g/mol. The Labute approximate surface area is 559 Å². The Bertz CT molecular complexity index is 3440. The highest BCUT2D eigenvalue weighted by atomic mass is 16.6. The number of benzene rings is 6. The second-order valence-electron chi connectivity index (χ2n) is 23.3. The Morgan fingerprint density at radius 1 is 0.368 bits per heavy atom. The molecule has 4 amide bonds. The number of amides is 4. The zero-order valence-corrected chi connectivity index (χ0v) is 54.9. The second-order valence-corrected chi connectivity index (χ2v) is 23.3. The molecule has 6 rings (SSSR count). The highest BCUT2D eigenvalue weighted by molar-refractivity contribution is 5.88. The van der Waals surface area contributed by atoms with Crippen LogP contribution in [0.2, 0.25) is 0 Å². The molecular formula is C77H90N4O14. The summed E-state index contributed by atoms with van der Waals surface area (Å²) >= 11 is 0. The van der Waals surface area contributed by atoms with E-state index in [9.17, 15) is 19.2 Å². The second kappa shape index (κ2) is 39.1. The quantitative estimate of drug-likeness (QED) is 0.0208. The van der Waals surface area contributed by atoms with Gasteiger partial charge in [-0.25, -0.2) is 19.2 Å². The summed E-state index contributed by atoms with van der Waals surface area (Å²) in [5, 5.41) is 11.3. The van der Waals surface area contributed by atoms with Crippen molar-refractivity contribution in [3.63, 3.8) is 0 Å². The van der Waals surface area contributed by atoms with Crippen LogP contribution >= 0.6 is 0 Å². The van der Waals surface area contributed by atoms with Gasteiger partial charge in [-0.15, -0.1) is 46.1 Å². The molecule has 0 spiro atoms. The summed E-state index contributed by atoms with van der Waals surface area (Å²) in [6.45, 7) is 33.5. The molecule has 6 aromatic rings. The first-order valence-corrected chi connectivity index (χ1v) is 31.1. The van der Waals surface area contributed by atoms with Crippen molar-refractivity contribution in [2.24, 2.45) is 10.8 Å². The van der Waals surface area contributed by atoms with Crippen molar-refractivity contribution in [2.75, 3.05) is 114 Å². The molecule has 95 heavy (non-hydrogen) atoms. The molecular weight excluding hydrogens is 1200 g/mol. The molecule has 4 N–H and O–H groups in total. The molecule has 0 bridgehead atoms. The lowest BCUT2D eigenvalue weighted by atomic mass is 9.77. The van der Waals surface area contributed by atoms with Crippen molar-refractivity contribution >= 4 is 47.1 Å². The molecule has 0 fully saturated rings. The van der Waals surface area contributed by atoms with Gasteiger partial charge in [-0.3, -0.25) is 21.3 Å². The first-order chi connectivity index (χ1) is 46.0. The first kappa shape index (κ1) is 74.4. The van der Waals surface area contributed by atoms with Gasteiger partial charge in [0.1, 0.15) is 24.7 Å². The molecule has 0 aliphatic heterocycles. The van der Waals surface area contributed by atoms with Crippen molar-refractivity contribution < 1.29 is 66.5 Å². The van der Waals surface area contributed by atoms with Crippen LogP contribution in [0.25, 0.3) is 0 Å². The van der Waals surface area contributed by atoms with Gasteiger partial charge in [0.2, 0.25) is 0 Å². The number of allylic oxidation sites excluding steroid dienone is 2. The van der Waals surface area contributed by atoms with Gasteiger partial charge in [0.15, 0.2) is 0 Å². The van der Waals surface area contributed by atoms with Gasteiger partial charge in [0.25, 0.3) is 0 Å². The summed E-state index contributed by atoms with van der Waals surface area (Å²) in [7, 11) is 1.57. The zero-order chi connectivity index (χ0) is 68.3. The van der Waals surface area contributed by atoms with Gasteiger partial charge in [0, 0.05) is 35.3 Å². The fourth-order valence-corrected chi connectivity index (χ4v) is 10.1. The Morgan fingerprint density at radius 3 is 0.926 bits per heavy atom. The minimum Gasteiger partial charge on any atom is -0.448 e. The molecule has 0 aromatic heterocycles. The van der Waals surface area contributed by atoms with Crippen LogP contribution in [0.5, 0.6) is 11.5 Å². The van der Waals surface area contributed by atoms with E-state index < -0.39 is 40.6 Å². The van der Waals surface area contributed by atoms with Crippen molar-refractivity contribution in [3.05, 3.63) is 267 Å². The maximum absolute atomic E-state index is 13.4. The Morgan fingerprint density at radius 2 is 0.653 bits per heavy atom. The van der Waals surface area contributed by atoms with E-state index >= 15 is 0 Å². The summed E-state index contributed by atoms with van der Waals surface area (Å²) in [6, 6.07) is 41.3. The van der Waals surface area contributed by atoms with E-state index in [1.807, 2.05) is 97.1 Å². The average Bonchev–Trinajstić information content (AvgIpc) is 0.789. The van der Waals surface area contributed by atoms with Gasteiger partial charge in [0.05, 0.1) is 83.5 Å². The summed E-state index contributed by atoms with van der Waals surface area (Å²) in [5.74, 6) is 0.785. The van der Waals surface area contributed by atoms with E-state index in [1.165, 1.54) is 0 Å². The van der Waals surface area contributed by atoms with Crippen LogP contribution < -0.4 is 30.7 Å². The first-order valence-electron chi connectivity index (χ1n) is 31.1. The van der Waals surface area contributed by atoms with Crippen molar-refractivity contribution in [1.82, 2.24) is 0 Å². The van der Waals surface area contributed by atoms with Crippen LogP contribution in [0, 0.1) is 10.8 Å². The predicted molar refractivity (Wildman–Crippen MR) is 375 cm³/mol. The van der Waals surface area contributed by atoms with Gasteiger partial charge in [-0.2, -0.15) is 0 Å². The number of carbonyl (C=O) groups is 4. The van der Waals surface area contributed by atoms with E-state index in [0.717, 1.165) is 44.5 Å². The maximum atomic E-state index is 13.4. The third-order valence-electron chi connectivity index (χ3n) is 15.0. The monoisotopic (exact) mass is 1290 g/mol. The van der Waals surface area contributed by atoms with Crippen LogP contribution in [0.15, 0.2) is 222 Å². The lowest BCUT2D eigenvalue weighted by Gasteiger charge is -2.32. The third kappa shape index (κ3) is 24.6. The summed E-state index contributed by atoms with van der Waals surface area (Å²) in [6.07, 6.45) is 11.2. The van der Waals surface area contributed by atoms with Gasteiger partial charge >= 0.3 is 24.4 Å². The number of methoxy groups -OCH3 is 1. The van der Waals surface area contributed by atoms with Gasteiger partial charge < -0.3 is 47.4 Å². The molecule has 18 heteroatoms. The molecule has 0 aliphatic rings. The molecule has 0 heterocycles. The van der Waals surface area contributed by atoms with Crippen LogP contribution in [-0.2, 0) is 69.0 Å². The molecule has 0 aliphatic carbocycles. The fourth-order valence-electron chi connectivity index (χ4n) is 10.1. The number of nitrogens with one attached hydrogen (secondary N) is 4. The van der Waals surface area contributed by atoms with Crippen LogP contribution in [0.3, 0.4) is 0 Å². The topological polar surface area (TPSA) is 209 Å². The normalized spacial score (nSPS) is 11.3. The number of ether oxygens (including phenoxy) is 10.